The van der Waals surface area contributed by atoms with Gasteiger partial charge in [0, 0.05) is 0 Å². The Morgan fingerprint density at radius 2 is 0.812 bits per heavy atom. The third kappa shape index (κ3) is 5.52. The summed E-state index contributed by atoms with van der Waals surface area (Å²) in [5.41, 5.74) is 0.944. The third-order valence-electron chi connectivity index (χ3n) is 3.67. The van der Waals surface area contributed by atoms with Crippen LogP contribution in [0.4, 0.5) is 0 Å². The highest BCUT2D eigenvalue weighted by Gasteiger charge is 2.37. The second kappa shape index (κ2) is 6.83. The lowest BCUT2D eigenvalue weighted by Crippen LogP contribution is -2.41. The Morgan fingerprint density at radius 3 is 0.938 bits per heavy atom. The Balaban J connectivity index is 4.88. The Kier molecular flexibility index (Phi) is 6.92. The fourth-order valence-electron chi connectivity index (χ4n) is 3.40. The first-order chi connectivity index (χ1) is 7.19. The van der Waals surface area contributed by atoms with Crippen LogP contribution in [0.3, 0.4) is 0 Å². The van der Waals surface area contributed by atoms with Crippen molar-refractivity contribution < 1.29 is 0 Å². The summed E-state index contributed by atoms with van der Waals surface area (Å²) >= 11 is 0. The van der Waals surface area contributed by atoms with E-state index in [9.17, 15) is 0 Å². The van der Waals surface area contributed by atoms with E-state index in [1.165, 1.54) is 18.1 Å². The van der Waals surface area contributed by atoms with Crippen molar-refractivity contribution in [2.45, 2.75) is 79.1 Å². The molecule has 0 aliphatic heterocycles. The van der Waals surface area contributed by atoms with Crippen LogP contribution in [0.1, 0.15) is 55.4 Å². The second-order valence-electron chi connectivity index (χ2n) is 7.31. The molecule has 0 spiro atoms. The maximum atomic E-state index is 2.49. The molecule has 0 aliphatic rings. The van der Waals surface area contributed by atoms with E-state index in [1.807, 2.05) is 0 Å². The highest BCUT2D eigenvalue weighted by Crippen LogP contribution is 2.40. The van der Waals surface area contributed by atoms with E-state index in [0.29, 0.717) is 0 Å². The van der Waals surface area contributed by atoms with Gasteiger partial charge in [-0.15, -0.1) is 0 Å². The minimum absolute atomic E-state index is 0.881. The summed E-state index contributed by atoms with van der Waals surface area (Å²) in [6.45, 7) is 19.4. The summed E-state index contributed by atoms with van der Waals surface area (Å²) in [5, 5.41) is 0. The Hall–Kier alpha value is 0.217. The number of rotatable bonds is 7. The molecule has 0 radical (unpaired) electrons. The molecule has 0 unspecified atom stereocenters. The number of hydrogen-bond acceptors (Lipinski definition) is 0. The van der Waals surface area contributed by atoms with Crippen LogP contribution in [0.5, 0.6) is 0 Å². The zero-order chi connectivity index (χ0) is 12.9. The smallest absolute Gasteiger partial charge is 0.0569 e. The average Bonchev–Trinajstić information content (AvgIpc) is 1.98. The van der Waals surface area contributed by atoms with Gasteiger partial charge in [-0.3, -0.25) is 0 Å². The van der Waals surface area contributed by atoms with Gasteiger partial charge in [-0.1, -0.05) is 79.1 Å². The molecule has 0 nitrogen and oxygen atoms in total. The lowest BCUT2D eigenvalue weighted by molar-refractivity contribution is 0.626. The largest absolute Gasteiger partial charge is 0.0652 e. The Bertz CT molecular complexity index is 153. The van der Waals surface area contributed by atoms with Crippen molar-refractivity contribution in [3.63, 3.8) is 0 Å². The lowest BCUT2D eigenvalue weighted by Gasteiger charge is -2.40. The summed E-state index contributed by atoms with van der Waals surface area (Å²) < 4.78 is 0. The number of hydrogen-bond donors (Lipinski definition) is 0. The summed E-state index contributed by atoms with van der Waals surface area (Å²) in [6, 6.07) is 4.59. The molecule has 1 heteroatoms. The zero-order valence-electron chi connectivity index (χ0n) is 12.9. The molecular weight excluding hydrogens is 208 g/mol. The van der Waals surface area contributed by atoms with Crippen LogP contribution in [-0.4, -0.2) is 8.07 Å². The van der Waals surface area contributed by atoms with Gasteiger partial charge >= 0.3 is 0 Å². The minimum Gasteiger partial charge on any atom is -0.0652 e. The van der Waals surface area contributed by atoms with E-state index in [1.54, 1.807) is 0 Å². The second-order valence-corrected chi connectivity index (χ2v) is 12.4. The van der Waals surface area contributed by atoms with Crippen molar-refractivity contribution in [3.05, 3.63) is 0 Å². The van der Waals surface area contributed by atoms with Crippen LogP contribution >= 0.6 is 0 Å². The molecule has 0 aromatic heterocycles. The van der Waals surface area contributed by atoms with Gasteiger partial charge in [0.2, 0.25) is 0 Å². The van der Waals surface area contributed by atoms with Gasteiger partial charge in [0.1, 0.15) is 0 Å². The molecule has 16 heavy (non-hydrogen) atoms. The third-order valence-corrected chi connectivity index (χ3v) is 11.0. The highest BCUT2D eigenvalue weighted by atomic mass is 28.3. The van der Waals surface area contributed by atoms with Crippen LogP contribution in [0.2, 0.25) is 23.7 Å². The standard InChI is InChI=1S/C15H34Si/c1-12(2)9-16(15(7)8,10-13(3)4)11-14(5)6/h12-15H,9-11H2,1-8H3. The quantitative estimate of drug-likeness (QED) is 0.494. The zero-order valence-corrected chi connectivity index (χ0v) is 13.9. The highest BCUT2D eigenvalue weighted by molar-refractivity contribution is 6.81. The first-order valence-corrected chi connectivity index (χ1v) is 9.89. The lowest BCUT2D eigenvalue weighted by atomic mass is 10.2. The van der Waals surface area contributed by atoms with E-state index in [2.05, 4.69) is 55.4 Å². The molecular formula is C15H34Si. The van der Waals surface area contributed by atoms with Crippen LogP contribution < -0.4 is 0 Å². The summed E-state index contributed by atoms with van der Waals surface area (Å²) in [5.74, 6) is 2.64. The molecule has 0 amide bonds. The van der Waals surface area contributed by atoms with Gasteiger partial charge in [-0.2, -0.15) is 0 Å². The fourth-order valence-corrected chi connectivity index (χ4v) is 10.2. The fraction of sp³-hybridized carbons (Fsp3) is 1.00. The first-order valence-electron chi connectivity index (χ1n) is 7.19. The van der Waals surface area contributed by atoms with E-state index >= 15 is 0 Å². The van der Waals surface area contributed by atoms with Crippen LogP contribution in [0.25, 0.3) is 0 Å². The molecule has 0 N–H and O–H groups in total. The van der Waals surface area contributed by atoms with Gasteiger partial charge in [0.25, 0.3) is 0 Å². The van der Waals surface area contributed by atoms with Crippen molar-refractivity contribution in [1.29, 1.82) is 0 Å². The van der Waals surface area contributed by atoms with E-state index in [-0.39, 0.29) is 0 Å². The monoisotopic (exact) mass is 242 g/mol. The normalized spacial score (nSPS) is 13.5. The molecule has 0 aliphatic carbocycles. The molecule has 0 aromatic rings. The molecule has 98 valence electrons. The summed E-state index contributed by atoms with van der Waals surface area (Å²) in [7, 11) is -1.06. The molecule has 0 heterocycles. The van der Waals surface area contributed by atoms with Gasteiger partial charge in [0.05, 0.1) is 8.07 Å². The van der Waals surface area contributed by atoms with E-state index < -0.39 is 8.07 Å². The van der Waals surface area contributed by atoms with Crippen molar-refractivity contribution >= 4 is 8.07 Å². The molecule has 0 fully saturated rings. The van der Waals surface area contributed by atoms with Gasteiger partial charge < -0.3 is 0 Å². The molecule has 0 saturated carbocycles. The summed E-state index contributed by atoms with van der Waals surface area (Å²) in [6.07, 6.45) is 0. The Morgan fingerprint density at radius 1 is 0.562 bits per heavy atom. The first kappa shape index (κ1) is 16.2. The van der Waals surface area contributed by atoms with Crippen molar-refractivity contribution in [1.82, 2.24) is 0 Å². The van der Waals surface area contributed by atoms with E-state index in [0.717, 1.165) is 23.3 Å². The Labute approximate surface area is 105 Å². The van der Waals surface area contributed by atoms with Gasteiger partial charge in [0.15, 0.2) is 0 Å². The molecule has 0 aromatic carbocycles. The maximum Gasteiger partial charge on any atom is 0.0569 e. The van der Waals surface area contributed by atoms with Crippen molar-refractivity contribution in [2.24, 2.45) is 17.8 Å². The van der Waals surface area contributed by atoms with Crippen LogP contribution in [-0.2, 0) is 0 Å². The van der Waals surface area contributed by atoms with Gasteiger partial charge in [-0.25, -0.2) is 0 Å². The van der Waals surface area contributed by atoms with Crippen molar-refractivity contribution in [2.75, 3.05) is 0 Å². The predicted octanol–water partition coefficient (Wildman–Crippen LogP) is 5.81. The molecule has 0 rings (SSSR count). The molecule has 0 saturated heterocycles. The van der Waals surface area contributed by atoms with Gasteiger partial charge in [-0.05, 0) is 17.8 Å². The average molecular weight is 243 g/mol. The predicted molar refractivity (Wildman–Crippen MR) is 79.8 cm³/mol. The molecule has 0 bridgehead atoms. The van der Waals surface area contributed by atoms with Crippen LogP contribution in [0, 0.1) is 17.8 Å². The SMILES string of the molecule is CC(C)C[Si](CC(C)C)(CC(C)C)C(C)C. The molecule has 0 atom stereocenters. The van der Waals surface area contributed by atoms with Crippen molar-refractivity contribution in [3.8, 4) is 0 Å². The topological polar surface area (TPSA) is 0 Å². The maximum absolute atomic E-state index is 2.49. The minimum atomic E-state index is -1.06. The van der Waals surface area contributed by atoms with E-state index in [4.69, 9.17) is 0 Å². The summed E-state index contributed by atoms with van der Waals surface area (Å²) in [4.78, 5) is 0. The van der Waals surface area contributed by atoms with Crippen LogP contribution in [0.15, 0.2) is 0 Å².